The molecule has 1 atom stereocenters. The van der Waals surface area contributed by atoms with Crippen LogP contribution in [0.5, 0.6) is 0 Å². The minimum absolute atomic E-state index is 0.00512. The molecule has 120 valence electrons. The summed E-state index contributed by atoms with van der Waals surface area (Å²) >= 11 is 5.82. The molecule has 0 saturated carbocycles. The second-order valence-electron chi connectivity index (χ2n) is 5.39. The highest BCUT2D eigenvalue weighted by Crippen LogP contribution is 2.12. The maximum absolute atomic E-state index is 12.3. The number of methoxy groups -OCH3 is 1. The van der Waals surface area contributed by atoms with Crippen LogP contribution in [-0.2, 0) is 14.3 Å². The number of hydrogen-bond acceptors (Lipinski definition) is 3. The standard InChI is InChI=1S/C17H22ClNO3/c1-12(2)19(11-13(3)17(21)22-4)16(20)10-7-14-5-8-15(18)9-6-14/h5-10,12-13H,11H2,1-4H3/b10-7+. The number of ether oxygens (including phenoxy) is 1. The van der Waals surface area contributed by atoms with Gasteiger partial charge in [0.2, 0.25) is 5.91 Å². The molecule has 1 aromatic carbocycles. The van der Waals surface area contributed by atoms with Gasteiger partial charge >= 0.3 is 5.97 Å². The lowest BCUT2D eigenvalue weighted by molar-refractivity contribution is -0.146. The molecule has 22 heavy (non-hydrogen) atoms. The van der Waals surface area contributed by atoms with Gasteiger partial charge in [-0.25, -0.2) is 0 Å². The number of esters is 1. The Hall–Kier alpha value is -1.81. The summed E-state index contributed by atoms with van der Waals surface area (Å²) in [6.45, 7) is 5.90. The van der Waals surface area contributed by atoms with Gasteiger partial charge < -0.3 is 9.64 Å². The van der Waals surface area contributed by atoms with Gasteiger partial charge in [-0.3, -0.25) is 9.59 Å². The van der Waals surface area contributed by atoms with Crippen molar-refractivity contribution in [2.45, 2.75) is 26.8 Å². The van der Waals surface area contributed by atoms with Crippen molar-refractivity contribution in [1.29, 1.82) is 0 Å². The van der Waals surface area contributed by atoms with Gasteiger partial charge in [0.25, 0.3) is 0 Å². The lowest BCUT2D eigenvalue weighted by atomic mass is 10.1. The summed E-state index contributed by atoms with van der Waals surface area (Å²) in [4.78, 5) is 25.5. The second kappa shape index (κ2) is 8.59. The molecule has 0 N–H and O–H groups in total. The predicted molar refractivity (Wildman–Crippen MR) is 88.5 cm³/mol. The van der Waals surface area contributed by atoms with E-state index in [1.165, 1.54) is 13.2 Å². The van der Waals surface area contributed by atoms with Gasteiger partial charge in [0.05, 0.1) is 13.0 Å². The van der Waals surface area contributed by atoms with E-state index in [0.717, 1.165) is 5.56 Å². The number of amides is 1. The Morgan fingerprint density at radius 1 is 1.23 bits per heavy atom. The van der Waals surface area contributed by atoms with E-state index in [9.17, 15) is 9.59 Å². The Labute approximate surface area is 136 Å². The summed E-state index contributed by atoms with van der Waals surface area (Å²) in [5.41, 5.74) is 0.891. The third kappa shape index (κ3) is 5.53. The van der Waals surface area contributed by atoms with Gasteiger partial charge in [-0.2, -0.15) is 0 Å². The van der Waals surface area contributed by atoms with Gasteiger partial charge in [-0.05, 0) is 37.6 Å². The maximum atomic E-state index is 12.3. The van der Waals surface area contributed by atoms with Crippen molar-refractivity contribution in [1.82, 2.24) is 4.90 Å². The Morgan fingerprint density at radius 2 is 1.82 bits per heavy atom. The van der Waals surface area contributed by atoms with E-state index in [1.807, 2.05) is 26.0 Å². The van der Waals surface area contributed by atoms with Crippen LogP contribution in [-0.4, -0.2) is 36.5 Å². The van der Waals surface area contributed by atoms with Crippen molar-refractivity contribution in [3.8, 4) is 0 Å². The van der Waals surface area contributed by atoms with Crippen LogP contribution in [0.1, 0.15) is 26.3 Å². The number of hydrogen-bond donors (Lipinski definition) is 0. The molecule has 1 unspecified atom stereocenters. The summed E-state index contributed by atoms with van der Waals surface area (Å²) in [6.07, 6.45) is 3.24. The molecule has 5 heteroatoms. The number of carbonyl (C=O) groups excluding carboxylic acids is 2. The minimum atomic E-state index is -0.361. The van der Waals surface area contributed by atoms with E-state index in [0.29, 0.717) is 11.6 Å². The monoisotopic (exact) mass is 323 g/mol. The highest BCUT2D eigenvalue weighted by atomic mass is 35.5. The van der Waals surface area contributed by atoms with Crippen LogP contribution in [0.3, 0.4) is 0 Å². The van der Waals surface area contributed by atoms with Crippen molar-refractivity contribution in [3.63, 3.8) is 0 Å². The summed E-state index contributed by atoms with van der Waals surface area (Å²) in [5.74, 6) is -0.818. The third-order valence-electron chi connectivity index (χ3n) is 3.27. The Kier molecular flexibility index (Phi) is 7.12. The Balaban J connectivity index is 2.76. The molecule has 1 amide bonds. The van der Waals surface area contributed by atoms with Crippen molar-refractivity contribution in [3.05, 3.63) is 40.9 Å². The number of nitrogens with zero attached hydrogens (tertiary/aromatic N) is 1. The molecule has 0 saturated heterocycles. The second-order valence-corrected chi connectivity index (χ2v) is 5.83. The normalized spacial score (nSPS) is 12.5. The molecular weight excluding hydrogens is 302 g/mol. The van der Waals surface area contributed by atoms with Crippen LogP contribution in [0.15, 0.2) is 30.3 Å². The topological polar surface area (TPSA) is 46.6 Å². The van der Waals surface area contributed by atoms with Crippen molar-refractivity contribution in [2.24, 2.45) is 5.92 Å². The van der Waals surface area contributed by atoms with E-state index >= 15 is 0 Å². The first-order valence-corrected chi connectivity index (χ1v) is 7.55. The fourth-order valence-electron chi connectivity index (χ4n) is 1.96. The molecule has 0 aliphatic heterocycles. The molecule has 1 rings (SSSR count). The van der Waals surface area contributed by atoms with Gasteiger partial charge in [0.1, 0.15) is 0 Å². The number of benzene rings is 1. The zero-order valence-electron chi connectivity index (χ0n) is 13.4. The fourth-order valence-corrected chi connectivity index (χ4v) is 2.09. The molecule has 0 heterocycles. The summed E-state index contributed by atoms with van der Waals surface area (Å²) < 4.78 is 4.71. The van der Waals surface area contributed by atoms with Crippen molar-refractivity contribution >= 4 is 29.6 Å². The van der Waals surface area contributed by atoms with Crippen molar-refractivity contribution in [2.75, 3.05) is 13.7 Å². The van der Waals surface area contributed by atoms with E-state index < -0.39 is 0 Å². The molecule has 0 aliphatic carbocycles. The SMILES string of the molecule is COC(=O)C(C)CN(C(=O)/C=C/c1ccc(Cl)cc1)C(C)C. The van der Waals surface area contributed by atoms with Crippen LogP contribution in [0, 0.1) is 5.92 Å². The largest absolute Gasteiger partial charge is 0.469 e. The smallest absolute Gasteiger partial charge is 0.310 e. The number of halogens is 1. The molecule has 0 aliphatic rings. The highest BCUT2D eigenvalue weighted by molar-refractivity contribution is 6.30. The van der Waals surface area contributed by atoms with E-state index in [4.69, 9.17) is 16.3 Å². The summed E-state index contributed by atoms with van der Waals surface area (Å²) in [7, 11) is 1.35. The first kappa shape index (κ1) is 18.2. The first-order valence-electron chi connectivity index (χ1n) is 7.17. The molecule has 1 aromatic rings. The average Bonchev–Trinajstić information content (AvgIpc) is 2.50. The molecule has 4 nitrogen and oxygen atoms in total. The lowest BCUT2D eigenvalue weighted by Crippen LogP contribution is -2.40. The molecule has 0 bridgehead atoms. The van der Waals surface area contributed by atoms with E-state index in [1.54, 1.807) is 30.0 Å². The van der Waals surface area contributed by atoms with Crippen LogP contribution >= 0.6 is 11.6 Å². The molecular formula is C17H22ClNO3. The van der Waals surface area contributed by atoms with Crippen LogP contribution < -0.4 is 0 Å². The maximum Gasteiger partial charge on any atom is 0.310 e. The molecule has 0 spiro atoms. The van der Waals surface area contributed by atoms with Crippen molar-refractivity contribution < 1.29 is 14.3 Å². The van der Waals surface area contributed by atoms with Gasteiger partial charge in [-0.1, -0.05) is 30.7 Å². The minimum Gasteiger partial charge on any atom is -0.469 e. The quantitative estimate of drug-likeness (QED) is 0.595. The summed E-state index contributed by atoms with van der Waals surface area (Å²) in [5, 5.41) is 0.652. The summed E-state index contributed by atoms with van der Waals surface area (Å²) in [6, 6.07) is 7.21. The van der Waals surface area contributed by atoms with E-state index in [-0.39, 0.29) is 23.8 Å². The molecule has 0 radical (unpaired) electrons. The number of rotatable bonds is 6. The van der Waals surface area contributed by atoms with Crippen LogP contribution in [0.25, 0.3) is 6.08 Å². The molecule has 0 aromatic heterocycles. The van der Waals surface area contributed by atoms with Crippen LogP contribution in [0.2, 0.25) is 5.02 Å². The lowest BCUT2D eigenvalue weighted by Gasteiger charge is -2.27. The zero-order valence-corrected chi connectivity index (χ0v) is 14.1. The third-order valence-corrected chi connectivity index (χ3v) is 3.52. The fraction of sp³-hybridized carbons (Fsp3) is 0.412. The molecule has 0 fully saturated rings. The Bertz CT molecular complexity index is 537. The van der Waals surface area contributed by atoms with E-state index in [2.05, 4.69) is 0 Å². The van der Waals surface area contributed by atoms with Gasteiger partial charge in [0, 0.05) is 23.7 Å². The van der Waals surface area contributed by atoms with Gasteiger partial charge in [-0.15, -0.1) is 0 Å². The first-order chi connectivity index (χ1) is 10.3. The predicted octanol–water partition coefficient (Wildman–Crippen LogP) is 3.40. The van der Waals surface area contributed by atoms with Gasteiger partial charge in [0.15, 0.2) is 0 Å². The highest BCUT2D eigenvalue weighted by Gasteiger charge is 2.22. The van der Waals surface area contributed by atoms with Crippen LogP contribution in [0.4, 0.5) is 0 Å². The number of carbonyl (C=O) groups is 2. The average molecular weight is 324 g/mol. The Morgan fingerprint density at radius 3 is 2.32 bits per heavy atom. The zero-order chi connectivity index (χ0) is 16.7.